The summed E-state index contributed by atoms with van der Waals surface area (Å²) in [7, 11) is 1.57. The number of rotatable bonds is 6. The van der Waals surface area contributed by atoms with Gasteiger partial charge < -0.3 is 10.1 Å². The summed E-state index contributed by atoms with van der Waals surface area (Å²) in [5.74, 6) is 0.475. The lowest BCUT2D eigenvalue weighted by molar-refractivity contribution is 0.382. The first-order chi connectivity index (χ1) is 9.77. The van der Waals surface area contributed by atoms with Crippen LogP contribution in [0.15, 0.2) is 30.7 Å². The summed E-state index contributed by atoms with van der Waals surface area (Å²) in [6, 6.07) is 3.37. The summed E-state index contributed by atoms with van der Waals surface area (Å²) in [5.41, 5.74) is 1.41. The summed E-state index contributed by atoms with van der Waals surface area (Å²) in [6.45, 7) is 2.91. The molecule has 0 aliphatic rings. The fraction of sp³-hybridized carbons (Fsp3) is 0.357. The van der Waals surface area contributed by atoms with Gasteiger partial charge in [0.25, 0.3) is 0 Å². The van der Waals surface area contributed by atoms with Crippen LogP contribution < -0.4 is 10.1 Å². The van der Waals surface area contributed by atoms with E-state index < -0.39 is 0 Å². The highest BCUT2D eigenvalue weighted by atomic mass is 35.5. The van der Waals surface area contributed by atoms with Crippen molar-refractivity contribution in [3.63, 3.8) is 0 Å². The van der Waals surface area contributed by atoms with Crippen molar-refractivity contribution in [3.05, 3.63) is 47.1 Å². The van der Waals surface area contributed by atoms with Crippen LogP contribution in [0, 0.1) is 0 Å². The van der Waals surface area contributed by atoms with Crippen molar-refractivity contribution >= 4 is 11.6 Å². The molecule has 0 saturated heterocycles. The smallest absolute Gasteiger partial charge is 0.237 e. The van der Waals surface area contributed by atoms with Crippen molar-refractivity contribution in [3.8, 4) is 5.88 Å². The van der Waals surface area contributed by atoms with Crippen LogP contribution in [0.5, 0.6) is 5.88 Å². The monoisotopic (exact) mass is 292 g/mol. The van der Waals surface area contributed by atoms with Gasteiger partial charge in [0.2, 0.25) is 5.88 Å². The van der Waals surface area contributed by atoms with E-state index in [-0.39, 0.29) is 6.04 Å². The van der Waals surface area contributed by atoms with Crippen molar-refractivity contribution in [2.45, 2.75) is 19.4 Å². The molecule has 5 nitrogen and oxygen atoms in total. The zero-order chi connectivity index (χ0) is 14.4. The van der Waals surface area contributed by atoms with Crippen LogP contribution in [0.25, 0.3) is 0 Å². The molecule has 106 valence electrons. The lowest BCUT2D eigenvalue weighted by Gasteiger charge is -2.19. The summed E-state index contributed by atoms with van der Waals surface area (Å²) in [4.78, 5) is 12.9. The highest BCUT2D eigenvalue weighted by molar-refractivity contribution is 6.31. The van der Waals surface area contributed by atoms with E-state index in [4.69, 9.17) is 16.3 Å². The van der Waals surface area contributed by atoms with Gasteiger partial charge in [-0.1, -0.05) is 18.5 Å². The summed E-state index contributed by atoms with van der Waals surface area (Å²) in [5, 5.41) is 3.98. The molecule has 2 aromatic rings. The predicted octanol–water partition coefficient (Wildman–Crippen LogP) is 2.62. The molecule has 2 aromatic heterocycles. The fourth-order valence-electron chi connectivity index (χ4n) is 1.91. The Balaban J connectivity index is 2.44. The third kappa shape index (κ3) is 3.23. The van der Waals surface area contributed by atoms with Crippen molar-refractivity contribution in [2.24, 2.45) is 0 Å². The quantitative estimate of drug-likeness (QED) is 0.887. The molecule has 1 unspecified atom stereocenters. The molecule has 0 spiro atoms. The first kappa shape index (κ1) is 14.7. The number of methoxy groups -OCH3 is 1. The fourth-order valence-corrected chi connectivity index (χ4v) is 2.14. The SMILES string of the molecule is CCCNC(c1ncccc1Cl)c1nccnc1OC. The molecular weight excluding hydrogens is 276 g/mol. The Morgan fingerprint density at radius 1 is 1.20 bits per heavy atom. The van der Waals surface area contributed by atoms with E-state index in [1.54, 1.807) is 31.8 Å². The lowest BCUT2D eigenvalue weighted by Crippen LogP contribution is -2.26. The van der Waals surface area contributed by atoms with Crippen LogP contribution in [0.2, 0.25) is 5.02 Å². The molecule has 0 amide bonds. The van der Waals surface area contributed by atoms with Gasteiger partial charge in [0, 0.05) is 18.6 Å². The first-order valence-electron chi connectivity index (χ1n) is 6.46. The van der Waals surface area contributed by atoms with E-state index >= 15 is 0 Å². The van der Waals surface area contributed by atoms with E-state index in [2.05, 4.69) is 27.2 Å². The van der Waals surface area contributed by atoms with Crippen molar-refractivity contribution in [2.75, 3.05) is 13.7 Å². The van der Waals surface area contributed by atoms with Gasteiger partial charge in [-0.25, -0.2) is 4.98 Å². The number of nitrogens with zero attached hydrogens (tertiary/aromatic N) is 3. The maximum atomic E-state index is 6.25. The van der Waals surface area contributed by atoms with E-state index in [1.165, 1.54) is 0 Å². The van der Waals surface area contributed by atoms with Crippen LogP contribution in [-0.2, 0) is 0 Å². The Kier molecular flexibility index (Phi) is 5.26. The number of ether oxygens (including phenoxy) is 1. The minimum atomic E-state index is -0.243. The van der Waals surface area contributed by atoms with Gasteiger partial charge in [0.05, 0.1) is 23.9 Å². The number of nitrogens with one attached hydrogen (secondary N) is 1. The standard InChI is InChI=1S/C14H17ClN4O/c1-3-6-16-12(11-10(15)5-4-7-17-11)13-14(20-2)19-9-8-18-13/h4-5,7-9,12,16H,3,6H2,1-2H3. The van der Waals surface area contributed by atoms with Crippen LogP contribution in [-0.4, -0.2) is 28.6 Å². The van der Waals surface area contributed by atoms with Crippen LogP contribution in [0.1, 0.15) is 30.8 Å². The van der Waals surface area contributed by atoms with Gasteiger partial charge in [0.1, 0.15) is 5.69 Å². The summed E-state index contributed by atoms with van der Waals surface area (Å²) in [6.07, 6.45) is 5.93. The number of hydrogen-bond donors (Lipinski definition) is 1. The number of pyridine rings is 1. The molecule has 0 aliphatic heterocycles. The largest absolute Gasteiger partial charge is 0.480 e. The molecule has 1 atom stereocenters. The Morgan fingerprint density at radius 2 is 1.95 bits per heavy atom. The molecule has 0 fully saturated rings. The molecule has 0 radical (unpaired) electrons. The predicted molar refractivity (Wildman–Crippen MR) is 78.0 cm³/mol. The molecule has 0 aromatic carbocycles. The van der Waals surface area contributed by atoms with Gasteiger partial charge >= 0.3 is 0 Å². The van der Waals surface area contributed by atoms with Crippen molar-refractivity contribution < 1.29 is 4.74 Å². The van der Waals surface area contributed by atoms with Crippen LogP contribution in [0.3, 0.4) is 0 Å². The number of hydrogen-bond acceptors (Lipinski definition) is 5. The highest BCUT2D eigenvalue weighted by Gasteiger charge is 2.23. The molecule has 0 saturated carbocycles. The number of aromatic nitrogens is 3. The Labute approximate surface area is 123 Å². The second-order valence-corrected chi connectivity index (χ2v) is 4.62. The summed E-state index contributed by atoms with van der Waals surface area (Å²) < 4.78 is 5.28. The van der Waals surface area contributed by atoms with Crippen LogP contribution >= 0.6 is 11.6 Å². The molecular formula is C14H17ClN4O. The second-order valence-electron chi connectivity index (χ2n) is 4.21. The normalized spacial score (nSPS) is 12.2. The highest BCUT2D eigenvalue weighted by Crippen LogP contribution is 2.29. The zero-order valence-corrected chi connectivity index (χ0v) is 12.3. The molecule has 0 bridgehead atoms. The van der Waals surface area contributed by atoms with Crippen LogP contribution in [0.4, 0.5) is 0 Å². The van der Waals surface area contributed by atoms with E-state index in [1.807, 2.05) is 6.07 Å². The average molecular weight is 293 g/mol. The van der Waals surface area contributed by atoms with Gasteiger partial charge in [-0.2, -0.15) is 0 Å². The zero-order valence-electron chi connectivity index (χ0n) is 11.5. The minimum Gasteiger partial charge on any atom is -0.480 e. The van der Waals surface area contributed by atoms with Crippen molar-refractivity contribution in [1.82, 2.24) is 20.3 Å². The third-order valence-corrected chi connectivity index (χ3v) is 3.14. The van der Waals surface area contributed by atoms with E-state index in [0.29, 0.717) is 16.6 Å². The second kappa shape index (κ2) is 7.17. The molecule has 0 aliphatic carbocycles. The Bertz CT molecular complexity index is 564. The van der Waals surface area contributed by atoms with Gasteiger partial charge in [-0.05, 0) is 25.1 Å². The maximum absolute atomic E-state index is 6.25. The van der Waals surface area contributed by atoms with Gasteiger partial charge in [-0.15, -0.1) is 0 Å². The van der Waals surface area contributed by atoms with Crippen molar-refractivity contribution in [1.29, 1.82) is 0 Å². The van der Waals surface area contributed by atoms with E-state index in [9.17, 15) is 0 Å². The van der Waals surface area contributed by atoms with E-state index in [0.717, 1.165) is 18.7 Å². The molecule has 6 heteroatoms. The maximum Gasteiger partial charge on any atom is 0.237 e. The molecule has 2 rings (SSSR count). The van der Waals surface area contributed by atoms with Gasteiger partial charge in [-0.3, -0.25) is 9.97 Å². The molecule has 20 heavy (non-hydrogen) atoms. The third-order valence-electron chi connectivity index (χ3n) is 2.82. The van der Waals surface area contributed by atoms with Gasteiger partial charge in [0.15, 0.2) is 0 Å². The first-order valence-corrected chi connectivity index (χ1v) is 6.84. The Morgan fingerprint density at radius 3 is 2.65 bits per heavy atom. The minimum absolute atomic E-state index is 0.243. The average Bonchev–Trinajstić information content (AvgIpc) is 2.49. The Hall–Kier alpha value is -1.72. The lowest BCUT2D eigenvalue weighted by atomic mass is 10.1. The molecule has 2 heterocycles. The molecule has 1 N–H and O–H groups in total. The topological polar surface area (TPSA) is 59.9 Å². The number of halogens is 1. The summed E-state index contributed by atoms with van der Waals surface area (Å²) >= 11 is 6.25.